The van der Waals surface area contributed by atoms with Crippen LogP contribution in [0.25, 0.3) is 0 Å². The van der Waals surface area contributed by atoms with Gasteiger partial charge in [0.1, 0.15) is 0 Å². The van der Waals surface area contributed by atoms with Gasteiger partial charge in [-0.3, -0.25) is 4.79 Å². The third kappa shape index (κ3) is 5.20. The van der Waals surface area contributed by atoms with E-state index in [1.807, 2.05) is 18.2 Å². The van der Waals surface area contributed by atoms with Crippen LogP contribution in [0.15, 0.2) is 48.5 Å². The van der Waals surface area contributed by atoms with Gasteiger partial charge in [-0.05, 0) is 30.2 Å². The Bertz CT molecular complexity index is 768. The summed E-state index contributed by atoms with van der Waals surface area (Å²) >= 11 is 0. The van der Waals surface area contributed by atoms with Gasteiger partial charge < -0.3 is 21.1 Å². The Hall–Kier alpha value is -3.09. The summed E-state index contributed by atoms with van der Waals surface area (Å²) in [5.74, 6) is -0.651. The monoisotopic (exact) mass is 359 g/mol. The number of urea groups is 1. The second-order valence-electron chi connectivity index (χ2n) is 5.86. The van der Waals surface area contributed by atoms with Crippen molar-refractivity contribution in [2.75, 3.05) is 7.11 Å². The van der Waals surface area contributed by atoms with Crippen molar-refractivity contribution in [1.82, 2.24) is 10.6 Å². The number of rotatable bonds is 7. The SMILES string of the molecule is COc1ccc([C@@H](C)NC(=O)C[C@H](NC(N)=O)c2ccccc2)cc1F. The van der Waals surface area contributed by atoms with Crippen molar-refractivity contribution in [2.24, 2.45) is 5.73 Å². The maximum atomic E-state index is 13.8. The van der Waals surface area contributed by atoms with Crippen molar-refractivity contribution in [1.29, 1.82) is 0 Å². The fourth-order valence-corrected chi connectivity index (χ4v) is 2.63. The summed E-state index contributed by atoms with van der Waals surface area (Å²) in [5, 5.41) is 5.36. The zero-order valence-corrected chi connectivity index (χ0v) is 14.7. The van der Waals surface area contributed by atoms with Gasteiger partial charge in [0.2, 0.25) is 5.91 Å². The third-order valence-corrected chi connectivity index (χ3v) is 3.96. The molecule has 6 nitrogen and oxygen atoms in total. The Labute approximate surface area is 151 Å². The Kier molecular flexibility index (Phi) is 6.54. The maximum absolute atomic E-state index is 13.8. The van der Waals surface area contributed by atoms with E-state index in [2.05, 4.69) is 10.6 Å². The predicted octanol–water partition coefficient (Wildman–Crippen LogP) is 2.81. The van der Waals surface area contributed by atoms with Gasteiger partial charge in [-0.2, -0.15) is 0 Å². The molecule has 0 bridgehead atoms. The molecule has 7 heteroatoms. The molecule has 0 fully saturated rings. The summed E-state index contributed by atoms with van der Waals surface area (Å²) in [6.07, 6.45) is 0.00985. The number of carbonyl (C=O) groups is 2. The van der Waals surface area contributed by atoms with E-state index in [0.29, 0.717) is 5.56 Å². The van der Waals surface area contributed by atoms with Crippen molar-refractivity contribution >= 4 is 11.9 Å². The molecular weight excluding hydrogens is 337 g/mol. The third-order valence-electron chi connectivity index (χ3n) is 3.96. The summed E-state index contributed by atoms with van der Waals surface area (Å²) in [4.78, 5) is 23.6. The molecular formula is C19H22FN3O3. The number of methoxy groups -OCH3 is 1. The van der Waals surface area contributed by atoms with Gasteiger partial charge in [-0.1, -0.05) is 36.4 Å². The van der Waals surface area contributed by atoms with Crippen LogP contribution in [0, 0.1) is 5.82 Å². The van der Waals surface area contributed by atoms with E-state index < -0.39 is 23.9 Å². The molecule has 138 valence electrons. The average molecular weight is 359 g/mol. The normalized spacial score (nSPS) is 12.7. The van der Waals surface area contributed by atoms with Crippen LogP contribution in [0.5, 0.6) is 5.75 Å². The molecule has 0 unspecified atom stereocenters. The van der Waals surface area contributed by atoms with Crippen LogP contribution in [0.4, 0.5) is 9.18 Å². The van der Waals surface area contributed by atoms with Gasteiger partial charge >= 0.3 is 6.03 Å². The summed E-state index contributed by atoms with van der Waals surface area (Å²) in [5.41, 5.74) is 6.58. The minimum atomic E-state index is -0.711. The summed E-state index contributed by atoms with van der Waals surface area (Å²) in [6, 6.07) is 11.9. The van der Waals surface area contributed by atoms with Crippen molar-refractivity contribution in [3.63, 3.8) is 0 Å². The molecule has 0 heterocycles. The van der Waals surface area contributed by atoms with Crippen LogP contribution in [0.2, 0.25) is 0 Å². The van der Waals surface area contributed by atoms with Crippen molar-refractivity contribution < 1.29 is 18.7 Å². The molecule has 2 aromatic rings. The van der Waals surface area contributed by atoms with Gasteiger partial charge in [0.05, 0.1) is 25.6 Å². The summed E-state index contributed by atoms with van der Waals surface area (Å²) < 4.78 is 18.7. The van der Waals surface area contributed by atoms with Crippen LogP contribution < -0.4 is 21.1 Å². The Morgan fingerprint density at radius 2 is 1.81 bits per heavy atom. The van der Waals surface area contributed by atoms with E-state index in [1.54, 1.807) is 25.1 Å². The molecule has 4 N–H and O–H groups in total. The molecule has 0 radical (unpaired) electrons. The van der Waals surface area contributed by atoms with Gasteiger partial charge in [0.15, 0.2) is 11.6 Å². The molecule has 3 amide bonds. The molecule has 2 atom stereocenters. The van der Waals surface area contributed by atoms with Crippen LogP contribution in [-0.4, -0.2) is 19.0 Å². The van der Waals surface area contributed by atoms with Gasteiger partial charge in [0, 0.05) is 0 Å². The standard InChI is InChI=1S/C19H22FN3O3/c1-12(14-8-9-17(26-2)15(20)10-14)22-18(24)11-16(23-19(21)25)13-6-4-3-5-7-13/h3-10,12,16H,11H2,1-2H3,(H,22,24)(H3,21,23,25)/t12-,16+/m1/s1. The van der Waals surface area contributed by atoms with Gasteiger partial charge in [0.25, 0.3) is 0 Å². The highest BCUT2D eigenvalue weighted by Crippen LogP contribution is 2.22. The number of halogens is 1. The average Bonchev–Trinajstić information content (AvgIpc) is 2.61. The number of nitrogens with one attached hydrogen (secondary N) is 2. The van der Waals surface area contributed by atoms with E-state index in [0.717, 1.165) is 5.56 Å². The van der Waals surface area contributed by atoms with Crippen LogP contribution in [0.1, 0.15) is 36.6 Å². The van der Waals surface area contributed by atoms with E-state index in [-0.39, 0.29) is 18.1 Å². The number of hydrogen-bond donors (Lipinski definition) is 3. The maximum Gasteiger partial charge on any atom is 0.312 e. The fraction of sp³-hybridized carbons (Fsp3) is 0.263. The lowest BCUT2D eigenvalue weighted by atomic mass is 10.0. The second kappa shape index (κ2) is 8.84. The largest absolute Gasteiger partial charge is 0.494 e. The second-order valence-corrected chi connectivity index (χ2v) is 5.86. The first-order valence-corrected chi connectivity index (χ1v) is 8.14. The number of nitrogens with two attached hydrogens (primary N) is 1. The van der Waals surface area contributed by atoms with Crippen LogP contribution in [-0.2, 0) is 4.79 Å². The molecule has 0 aliphatic carbocycles. The number of primary amides is 1. The van der Waals surface area contributed by atoms with Crippen LogP contribution >= 0.6 is 0 Å². The Morgan fingerprint density at radius 1 is 1.12 bits per heavy atom. The Balaban J connectivity index is 2.05. The van der Waals surface area contributed by atoms with Gasteiger partial charge in [-0.15, -0.1) is 0 Å². The number of amides is 3. The molecule has 2 aromatic carbocycles. The van der Waals surface area contributed by atoms with Gasteiger partial charge in [-0.25, -0.2) is 9.18 Å². The first-order valence-electron chi connectivity index (χ1n) is 8.14. The number of benzene rings is 2. The topological polar surface area (TPSA) is 93.4 Å². The quantitative estimate of drug-likeness (QED) is 0.710. The molecule has 2 rings (SSSR count). The van der Waals surface area contributed by atoms with E-state index in [4.69, 9.17) is 10.5 Å². The molecule has 0 saturated carbocycles. The lowest BCUT2D eigenvalue weighted by Gasteiger charge is -2.20. The van der Waals surface area contributed by atoms with Crippen molar-refractivity contribution in [3.05, 3.63) is 65.5 Å². The van der Waals surface area contributed by atoms with Crippen LogP contribution in [0.3, 0.4) is 0 Å². The first-order chi connectivity index (χ1) is 12.4. The highest BCUT2D eigenvalue weighted by atomic mass is 19.1. The molecule has 26 heavy (non-hydrogen) atoms. The smallest absolute Gasteiger partial charge is 0.312 e. The van der Waals surface area contributed by atoms with E-state index >= 15 is 0 Å². The highest BCUT2D eigenvalue weighted by Gasteiger charge is 2.19. The number of ether oxygens (including phenoxy) is 1. The van der Waals surface area contributed by atoms with Crippen molar-refractivity contribution in [3.8, 4) is 5.75 Å². The predicted molar refractivity (Wildman–Crippen MR) is 96.0 cm³/mol. The summed E-state index contributed by atoms with van der Waals surface area (Å²) in [6.45, 7) is 1.75. The fourth-order valence-electron chi connectivity index (χ4n) is 2.63. The molecule has 0 spiro atoms. The Morgan fingerprint density at radius 3 is 2.38 bits per heavy atom. The summed E-state index contributed by atoms with van der Waals surface area (Å²) in [7, 11) is 1.39. The zero-order valence-electron chi connectivity index (χ0n) is 14.7. The molecule has 0 aliphatic heterocycles. The number of hydrogen-bond acceptors (Lipinski definition) is 3. The van der Waals surface area contributed by atoms with Crippen molar-refractivity contribution in [2.45, 2.75) is 25.4 Å². The van der Waals surface area contributed by atoms with E-state index in [1.165, 1.54) is 19.2 Å². The first kappa shape index (κ1) is 19.2. The van der Waals surface area contributed by atoms with E-state index in [9.17, 15) is 14.0 Å². The minimum Gasteiger partial charge on any atom is -0.494 e. The lowest BCUT2D eigenvalue weighted by molar-refractivity contribution is -0.122. The number of carbonyl (C=O) groups excluding carboxylic acids is 2. The lowest BCUT2D eigenvalue weighted by Crippen LogP contribution is -2.37. The highest BCUT2D eigenvalue weighted by molar-refractivity contribution is 5.79. The molecule has 0 aliphatic rings. The zero-order chi connectivity index (χ0) is 19.1. The molecule has 0 saturated heterocycles. The molecule has 0 aromatic heterocycles. The minimum absolute atomic E-state index is 0.00985.